The highest BCUT2D eigenvalue weighted by molar-refractivity contribution is 7.09. The molecule has 5 nitrogen and oxygen atoms in total. The van der Waals surface area contributed by atoms with Crippen molar-refractivity contribution < 1.29 is 9.90 Å². The van der Waals surface area contributed by atoms with Gasteiger partial charge in [-0.1, -0.05) is 50.1 Å². The molecular formula is C23H28ClN3O2S. The van der Waals surface area contributed by atoms with E-state index in [2.05, 4.69) is 23.7 Å². The molecule has 0 aliphatic heterocycles. The maximum absolute atomic E-state index is 11.9. The van der Waals surface area contributed by atoms with E-state index in [1.807, 2.05) is 41.8 Å². The molecule has 7 heteroatoms. The van der Waals surface area contributed by atoms with E-state index in [4.69, 9.17) is 16.6 Å². The Morgan fingerprint density at radius 1 is 1.27 bits per heavy atom. The molecule has 30 heavy (non-hydrogen) atoms. The number of halogens is 1. The fraction of sp³-hybridized carbons (Fsp3) is 0.391. The van der Waals surface area contributed by atoms with Crippen molar-refractivity contribution in [2.24, 2.45) is 0 Å². The minimum atomic E-state index is -0.850. The van der Waals surface area contributed by atoms with E-state index < -0.39 is 12.0 Å². The second-order valence-corrected chi connectivity index (χ2v) is 8.66. The van der Waals surface area contributed by atoms with E-state index >= 15 is 0 Å². The Bertz CT molecular complexity index is 969. The fourth-order valence-electron chi connectivity index (χ4n) is 3.54. The molecule has 0 saturated heterocycles. The Labute approximate surface area is 186 Å². The first-order chi connectivity index (χ1) is 14.5. The first kappa shape index (κ1) is 22.5. The number of hydrogen-bond acceptors (Lipinski definition) is 4. The van der Waals surface area contributed by atoms with E-state index in [0.29, 0.717) is 18.0 Å². The summed E-state index contributed by atoms with van der Waals surface area (Å²) in [5.74, 6) is 0.125. The minimum absolute atomic E-state index is 0.413. The molecule has 2 aromatic heterocycles. The summed E-state index contributed by atoms with van der Waals surface area (Å²) in [6.45, 7) is 4.65. The first-order valence-electron chi connectivity index (χ1n) is 10.4. The topological polar surface area (TPSA) is 67.2 Å². The quantitative estimate of drug-likeness (QED) is 0.421. The van der Waals surface area contributed by atoms with Crippen molar-refractivity contribution in [1.29, 1.82) is 0 Å². The van der Waals surface area contributed by atoms with Crippen LogP contribution in [-0.2, 0) is 30.6 Å². The highest BCUT2D eigenvalue weighted by Gasteiger charge is 2.22. The van der Waals surface area contributed by atoms with E-state index in [9.17, 15) is 9.90 Å². The third-order valence-electron chi connectivity index (χ3n) is 5.11. The van der Waals surface area contributed by atoms with Crippen LogP contribution >= 0.6 is 22.9 Å². The van der Waals surface area contributed by atoms with E-state index in [-0.39, 0.29) is 0 Å². The standard InChI is InChI=1S/C23H28ClN3O2S/c1-3-5-12-22-26-18(4-2)21(27(22)20-11-7-6-10-17(20)24)15-25-19(23(28)29)14-16-9-8-13-30-16/h6-11,13,19,25H,3-5,12,14-15H2,1-2H3,(H,28,29)/t19-/m0/s1. The van der Waals surface area contributed by atoms with Gasteiger partial charge in [0.1, 0.15) is 11.9 Å². The average molecular weight is 446 g/mol. The zero-order chi connectivity index (χ0) is 21.5. The molecule has 0 amide bonds. The molecule has 0 unspecified atom stereocenters. The summed E-state index contributed by atoms with van der Waals surface area (Å²) in [4.78, 5) is 17.8. The summed E-state index contributed by atoms with van der Waals surface area (Å²) in [6.07, 6.45) is 4.19. The van der Waals surface area contributed by atoms with Gasteiger partial charge in [-0.15, -0.1) is 11.3 Å². The lowest BCUT2D eigenvalue weighted by Gasteiger charge is -2.18. The number of thiophene rings is 1. The molecule has 1 atom stereocenters. The number of rotatable bonds is 11. The molecule has 0 aliphatic carbocycles. The number of imidazole rings is 1. The largest absolute Gasteiger partial charge is 0.480 e. The Kier molecular flexibility index (Phi) is 8.08. The predicted octanol–water partition coefficient (Wildman–Crippen LogP) is 5.28. The molecule has 2 N–H and O–H groups in total. The summed E-state index contributed by atoms with van der Waals surface area (Å²) in [6, 6.07) is 11.0. The zero-order valence-electron chi connectivity index (χ0n) is 17.4. The van der Waals surface area contributed by atoms with Crippen molar-refractivity contribution >= 4 is 28.9 Å². The molecule has 1 aromatic carbocycles. The molecule has 0 saturated carbocycles. The van der Waals surface area contributed by atoms with Crippen LogP contribution < -0.4 is 5.32 Å². The maximum Gasteiger partial charge on any atom is 0.321 e. The van der Waals surface area contributed by atoms with Gasteiger partial charge in [0, 0.05) is 24.3 Å². The number of aromatic nitrogens is 2. The van der Waals surface area contributed by atoms with Crippen molar-refractivity contribution in [1.82, 2.24) is 14.9 Å². The first-order valence-corrected chi connectivity index (χ1v) is 11.6. The molecule has 0 aliphatic rings. The van der Waals surface area contributed by atoms with Crippen LogP contribution in [0, 0.1) is 0 Å². The zero-order valence-corrected chi connectivity index (χ0v) is 19.0. The van der Waals surface area contributed by atoms with Crippen LogP contribution in [0.2, 0.25) is 5.02 Å². The number of nitrogens with one attached hydrogen (secondary N) is 1. The van der Waals surface area contributed by atoms with Crippen molar-refractivity contribution in [3.8, 4) is 5.69 Å². The van der Waals surface area contributed by atoms with Crippen molar-refractivity contribution in [2.75, 3.05) is 0 Å². The van der Waals surface area contributed by atoms with E-state index in [1.165, 1.54) is 0 Å². The normalized spacial score (nSPS) is 12.2. The number of benzene rings is 1. The van der Waals surface area contributed by atoms with E-state index in [0.717, 1.165) is 53.5 Å². The molecule has 0 radical (unpaired) electrons. The van der Waals surface area contributed by atoms with Crippen molar-refractivity contribution in [3.05, 3.63) is 68.9 Å². The number of hydrogen-bond donors (Lipinski definition) is 2. The molecular weight excluding hydrogens is 418 g/mol. The molecule has 0 bridgehead atoms. The second-order valence-electron chi connectivity index (χ2n) is 7.22. The Morgan fingerprint density at radius 2 is 2.07 bits per heavy atom. The molecule has 3 aromatic rings. The monoisotopic (exact) mass is 445 g/mol. The summed E-state index contributed by atoms with van der Waals surface area (Å²) >= 11 is 8.11. The second kappa shape index (κ2) is 10.8. The van der Waals surface area contributed by atoms with Gasteiger partial charge in [-0.2, -0.15) is 0 Å². The molecule has 160 valence electrons. The van der Waals surface area contributed by atoms with E-state index in [1.54, 1.807) is 11.3 Å². The van der Waals surface area contributed by atoms with Gasteiger partial charge in [0.05, 0.1) is 22.1 Å². The van der Waals surface area contributed by atoms with Gasteiger partial charge in [0.15, 0.2) is 0 Å². The van der Waals surface area contributed by atoms with Crippen LogP contribution in [0.15, 0.2) is 41.8 Å². The third-order valence-corrected chi connectivity index (χ3v) is 6.33. The van der Waals surface area contributed by atoms with Gasteiger partial charge >= 0.3 is 5.97 Å². The van der Waals surface area contributed by atoms with Crippen molar-refractivity contribution in [2.45, 2.75) is 58.5 Å². The number of unbranched alkanes of at least 4 members (excludes halogenated alkanes) is 1. The van der Waals surface area contributed by atoms with Crippen LogP contribution in [0.1, 0.15) is 48.8 Å². The summed E-state index contributed by atoms with van der Waals surface area (Å²) < 4.78 is 2.12. The van der Waals surface area contributed by atoms with Gasteiger partial charge < -0.3 is 5.11 Å². The molecule has 3 rings (SSSR count). The predicted molar refractivity (Wildman–Crippen MR) is 123 cm³/mol. The van der Waals surface area contributed by atoms with Crippen molar-refractivity contribution in [3.63, 3.8) is 0 Å². The molecule has 2 heterocycles. The fourth-order valence-corrected chi connectivity index (χ4v) is 4.51. The van der Waals surface area contributed by atoms with Crippen LogP contribution in [0.4, 0.5) is 0 Å². The summed E-state index contributed by atoms with van der Waals surface area (Å²) in [5, 5.41) is 15.6. The molecule has 0 fully saturated rings. The van der Waals surface area contributed by atoms with Crippen LogP contribution in [0.5, 0.6) is 0 Å². The lowest BCUT2D eigenvalue weighted by Crippen LogP contribution is -2.38. The minimum Gasteiger partial charge on any atom is -0.480 e. The Morgan fingerprint density at radius 3 is 2.70 bits per heavy atom. The Balaban J connectivity index is 1.94. The lowest BCUT2D eigenvalue weighted by molar-refractivity contribution is -0.139. The average Bonchev–Trinajstić information content (AvgIpc) is 3.37. The number of aliphatic carboxylic acids is 1. The van der Waals surface area contributed by atoms with Gasteiger partial charge in [-0.05, 0) is 36.4 Å². The highest BCUT2D eigenvalue weighted by Crippen LogP contribution is 2.27. The summed E-state index contributed by atoms with van der Waals surface area (Å²) in [5.41, 5.74) is 2.85. The van der Waals surface area contributed by atoms with Crippen LogP contribution in [0.25, 0.3) is 5.69 Å². The number of carboxylic acids is 1. The maximum atomic E-state index is 11.9. The number of aryl methyl sites for hydroxylation is 2. The molecule has 0 spiro atoms. The Hall–Kier alpha value is -2.15. The van der Waals surface area contributed by atoms with Gasteiger partial charge in [0.2, 0.25) is 0 Å². The SMILES string of the molecule is CCCCc1nc(CC)c(CN[C@@H](Cc2cccs2)C(=O)O)n1-c1ccccc1Cl. The third kappa shape index (κ3) is 5.31. The van der Waals surface area contributed by atoms with Gasteiger partial charge in [-0.3, -0.25) is 14.7 Å². The number of para-hydroxylation sites is 1. The number of nitrogens with zero attached hydrogens (tertiary/aromatic N) is 2. The number of carboxylic acid groups (broad SMARTS) is 1. The summed E-state index contributed by atoms with van der Waals surface area (Å²) in [7, 11) is 0. The highest BCUT2D eigenvalue weighted by atomic mass is 35.5. The van der Waals surface area contributed by atoms with Crippen LogP contribution in [0.3, 0.4) is 0 Å². The number of carbonyl (C=O) groups is 1. The lowest BCUT2D eigenvalue weighted by atomic mass is 10.1. The van der Waals surface area contributed by atoms with Gasteiger partial charge in [0.25, 0.3) is 0 Å². The van der Waals surface area contributed by atoms with Gasteiger partial charge in [-0.25, -0.2) is 4.98 Å². The smallest absolute Gasteiger partial charge is 0.321 e. The van der Waals surface area contributed by atoms with Crippen LogP contribution in [-0.4, -0.2) is 26.7 Å².